The van der Waals surface area contributed by atoms with Crippen LogP contribution >= 0.6 is 23.2 Å². The second-order valence-electron chi connectivity index (χ2n) is 12.4. The van der Waals surface area contributed by atoms with Crippen LogP contribution < -0.4 is 5.32 Å². The molecule has 1 aromatic rings. The van der Waals surface area contributed by atoms with Crippen LogP contribution in [0.2, 0.25) is 0 Å². The minimum absolute atomic E-state index is 0.0583. The Hall–Kier alpha value is -2.85. The smallest absolute Gasteiger partial charge is 0.411 e. The SMILES string of the molecule is CCCCCCCCCCCCCCCCC(OC(=O)[C@](NC(=O)OCc1ccccc1)(OC(=O)Cl)C(C)C)C(=O)CCCOC(=O)Cl. The zero-order chi connectivity index (χ0) is 35.6. The average molecular weight is 717 g/mol. The van der Waals surface area contributed by atoms with E-state index in [4.69, 9.17) is 42.1 Å². The van der Waals surface area contributed by atoms with Gasteiger partial charge in [0.05, 0.1) is 6.61 Å². The van der Waals surface area contributed by atoms with Crippen LogP contribution in [0.4, 0.5) is 14.4 Å². The van der Waals surface area contributed by atoms with Crippen molar-refractivity contribution >= 4 is 51.9 Å². The highest BCUT2D eigenvalue weighted by Gasteiger charge is 2.50. The number of ketones is 1. The largest absolute Gasteiger partial charge is 0.454 e. The standard InChI is InChI=1S/C36H55Cl2NO9/c1-4-5-6-7-8-9-10-11-12-13-14-15-16-20-25-31(30(40)24-21-26-45-33(37)42)47-32(41)36(28(2)3,48-34(38)43)39-35(44)46-27-29-22-18-17-19-23-29/h17-19,22-23,28,31H,4-16,20-21,24-27H2,1-3H3,(H,39,44)/t31?,36-/m1/s1. The second-order valence-corrected chi connectivity index (χ2v) is 13.0. The van der Waals surface area contributed by atoms with Gasteiger partial charge >= 0.3 is 22.9 Å². The first-order valence-electron chi connectivity index (χ1n) is 17.4. The van der Waals surface area contributed by atoms with Crippen LogP contribution in [0.5, 0.6) is 0 Å². The number of esters is 1. The van der Waals surface area contributed by atoms with Crippen LogP contribution in [-0.4, -0.2) is 47.1 Å². The van der Waals surface area contributed by atoms with Crippen LogP contribution in [0, 0.1) is 5.92 Å². The molecule has 12 heteroatoms. The van der Waals surface area contributed by atoms with Gasteiger partial charge in [-0.25, -0.2) is 19.2 Å². The van der Waals surface area contributed by atoms with E-state index < -0.39 is 46.4 Å². The fraction of sp³-hybridized carbons (Fsp3) is 0.694. The summed E-state index contributed by atoms with van der Waals surface area (Å²) >= 11 is 10.7. The number of benzene rings is 1. The number of rotatable bonds is 27. The van der Waals surface area contributed by atoms with Crippen LogP contribution in [-0.2, 0) is 35.1 Å². The fourth-order valence-corrected chi connectivity index (χ4v) is 5.44. The summed E-state index contributed by atoms with van der Waals surface area (Å²) in [6.45, 7) is 5.07. The van der Waals surface area contributed by atoms with E-state index in [9.17, 15) is 24.0 Å². The molecule has 10 nitrogen and oxygen atoms in total. The number of Topliss-reactive ketones (excluding diaryl/α,β-unsaturated/α-hetero) is 1. The summed E-state index contributed by atoms with van der Waals surface area (Å²) in [6.07, 6.45) is 14.4. The van der Waals surface area contributed by atoms with Gasteiger partial charge in [-0.1, -0.05) is 135 Å². The molecular formula is C36H55Cl2NO9. The topological polar surface area (TPSA) is 134 Å². The zero-order valence-corrected chi connectivity index (χ0v) is 30.4. The summed E-state index contributed by atoms with van der Waals surface area (Å²) in [6, 6.07) is 8.85. The minimum atomic E-state index is -2.37. The van der Waals surface area contributed by atoms with Gasteiger partial charge in [0.1, 0.15) is 6.61 Å². The molecule has 0 saturated heterocycles. The van der Waals surface area contributed by atoms with Crippen molar-refractivity contribution in [1.82, 2.24) is 5.32 Å². The Morgan fingerprint density at radius 1 is 0.729 bits per heavy atom. The minimum Gasteiger partial charge on any atom is -0.454 e. The number of alkyl carbamates (subject to hydrolysis) is 1. The lowest BCUT2D eigenvalue weighted by atomic mass is 9.98. The Bertz CT molecular complexity index is 1090. The molecule has 1 unspecified atom stereocenters. The first-order chi connectivity index (χ1) is 23.0. The zero-order valence-electron chi connectivity index (χ0n) is 28.9. The molecule has 0 spiro atoms. The number of halogens is 2. The number of carbonyl (C=O) groups is 5. The van der Waals surface area contributed by atoms with Crippen molar-refractivity contribution in [3.8, 4) is 0 Å². The second kappa shape index (κ2) is 26.1. The monoisotopic (exact) mass is 715 g/mol. The number of hydrogen-bond acceptors (Lipinski definition) is 9. The van der Waals surface area contributed by atoms with Gasteiger partial charge in [0.2, 0.25) is 0 Å². The number of nitrogens with one attached hydrogen (secondary N) is 1. The normalized spacial score (nSPS) is 12.9. The summed E-state index contributed by atoms with van der Waals surface area (Å²) in [5.41, 5.74) is -4.02. The van der Waals surface area contributed by atoms with E-state index in [2.05, 4.69) is 12.2 Å². The van der Waals surface area contributed by atoms with Crippen molar-refractivity contribution in [3.63, 3.8) is 0 Å². The van der Waals surface area contributed by atoms with Crippen molar-refractivity contribution in [1.29, 1.82) is 0 Å². The highest BCUT2D eigenvalue weighted by atomic mass is 35.5. The van der Waals surface area contributed by atoms with Gasteiger partial charge in [0.25, 0.3) is 5.72 Å². The molecule has 0 radical (unpaired) electrons. The van der Waals surface area contributed by atoms with Crippen molar-refractivity contribution in [3.05, 3.63) is 35.9 Å². The molecule has 1 aromatic carbocycles. The van der Waals surface area contributed by atoms with Crippen molar-refractivity contribution in [2.24, 2.45) is 5.92 Å². The van der Waals surface area contributed by atoms with Crippen LogP contribution in [0.25, 0.3) is 0 Å². The summed E-state index contributed by atoms with van der Waals surface area (Å²) in [4.78, 5) is 62.5. The summed E-state index contributed by atoms with van der Waals surface area (Å²) < 4.78 is 20.8. The number of unbranched alkanes of at least 4 members (excludes halogenated alkanes) is 13. The molecule has 1 amide bonds. The predicted molar refractivity (Wildman–Crippen MR) is 186 cm³/mol. The molecule has 0 aliphatic rings. The lowest BCUT2D eigenvalue weighted by molar-refractivity contribution is -0.181. The summed E-state index contributed by atoms with van der Waals surface area (Å²) in [5.74, 6) is -2.44. The van der Waals surface area contributed by atoms with E-state index in [0.717, 1.165) is 25.7 Å². The lowest BCUT2D eigenvalue weighted by Gasteiger charge is -2.34. The van der Waals surface area contributed by atoms with Gasteiger partial charge in [0, 0.05) is 35.5 Å². The molecule has 1 N–H and O–H groups in total. The molecule has 0 aliphatic carbocycles. The van der Waals surface area contributed by atoms with E-state index in [1.807, 2.05) is 6.07 Å². The van der Waals surface area contributed by atoms with Gasteiger partial charge in [-0.05, 0) is 24.8 Å². The number of hydrogen-bond donors (Lipinski definition) is 1. The molecule has 0 aromatic heterocycles. The third-order valence-electron chi connectivity index (χ3n) is 8.07. The van der Waals surface area contributed by atoms with Crippen LogP contribution in [0.15, 0.2) is 30.3 Å². The lowest BCUT2D eigenvalue weighted by Crippen LogP contribution is -2.62. The maximum Gasteiger partial charge on any atom is 0.411 e. The highest BCUT2D eigenvalue weighted by molar-refractivity contribution is 6.61. The molecule has 48 heavy (non-hydrogen) atoms. The fourth-order valence-electron chi connectivity index (χ4n) is 5.24. The van der Waals surface area contributed by atoms with Gasteiger partial charge in [-0.3, -0.25) is 10.1 Å². The van der Waals surface area contributed by atoms with E-state index in [0.29, 0.717) is 12.0 Å². The van der Waals surface area contributed by atoms with Crippen molar-refractivity contribution < 1.29 is 42.9 Å². The van der Waals surface area contributed by atoms with Gasteiger partial charge in [-0.15, -0.1) is 0 Å². The molecular weight excluding hydrogens is 661 g/mol. The molecule has 0 saturated carbocycles. The Kier molecular flexibility index (Phi) is 23.5. The third kappa shape index (κ3) is 19.2. The molecule has 0 fully saturated rings. The van der Waals surface area contributed by atoms with E-state index in [1.54, 1.807) is 24.3 Å². The first kappa shape index (κ1) is 43.2. The van der Waals surface area contributed by atoms with Crippen molar-refractivity contribution in [2.45, 2.75) is 148 Å². The van der Waals surface area contributed by atoms with E-state index in [-0.39, 0.29) is 32.5 Å². The third-order valence-corrected chi connectivity index (χ3v) is 8.26. The predicted octanol–water partition coefficient (Wildman–Crippen LogP) is 10.1. The maximum atomic E-state index is 13.7. The molecule has 1 rings (SSSR count). The molecule has 2 atom stereocenters. The number of ether oxygens (including phenoxy) is 4. The number of amides is 1. The van der Waals surface area contributed by atoms with E-state index in [1.165, 1.54) is 71.6 Å². The average Bonchev–Trinajstić information content (AvgIpc) is 3.04. The van der Waals surface area contributed by atoms with Gasteiger partial charge in [-0.2, -0.15) is 0 Å². The Labute approximate surface area is 296 Å². The Balaban J connectivity index is 2.78. The molecule has 272 valence electrons. The maximum absolute atomic E-state index is 13.7. The van der Waals surface area contributed by atoms with Crippen molar-refractivity contribution in [2.75, 3.05) is 6.61 Å². The molecule has 0 bridgehead atoms. The summed E-state index contributed by atoms with van der Waals surface area (Å²) in [5, 5.41) is 2.31. The highest BCUT2D eigenvalue weighted by Crippen LogP contribution is 2.26. The van der Waals surface area contributed by atoms with Crippen LogP contribution in [0.1, 0.15) is 135 Å². The number of carbonyl (C=O) groups excluding carboxylic acids is 5. The van der Waals surface area contributed by atoms with Gasteiger partial charge in [0.15, 0.2) is 11.9 Å². The van der Waals surface area contributed by atoms with Gasteiger partial charge < -0.3 is 18.9 Å². The Morgan fingerprint density at radius 2 is 1.27 bits per heavy atom. The molecule has 0 aliphatic heterocycles. The summed E-state index contributed by atoms with van der Waals surface area (Å²) in [7, 11) is 0. The molecule has 0 heterocycles. The van der Waals surface area contributed by atoms with Crippen LogP contribution in [0.3, 0.4) is 0 Å². The first-order valence-corrected chi connectivity index (χ1v) is 18.2. The quantitative estimate of drug-likeness (QED) is 0.0310. The Morgan fingerprint density at radius 3 is 1.77 bits per heavy atom. The van der Waals surface area contributed by atoms with E-state index >= 15 is 0 Å².